The summed E-state index contributed by atoms with van der Waals surface area (Å²) in [5, 5.41) is 2.83. The van der Waals surface area contributed by atoms with Crippen LogP contribution in [-0.2, 0) is 4.79 Å². The molecular weight excluding hydrogens is 157 g/mol. The van der Waals surface area contributed by atoms with Gasteiger partial charge in [-0.1, -0.05) is 0 Å². The number of halogens is 1. The van der Waals surface area contributed by atoms with Crippen LogP contribution in [0, 0.1) is 5.41 Å². The molecule has 12 heavy (non-hydrogen) atoms. The monoisotopic (exact) mass is 171 g/mol. The maximum Gasteiger partial charge on any atom is 0.220 e. The van der Waals surface area contributed by atoms with Crippen LogP contribution in [-0.4, -0.2) is 18.6 Å². The highest BCUT2D eigenvalue weighted by molar-refractivity contribution is 5.79. The Morgan fingerprint density at radius 2 is 2.08 bits per heavy atom. The van der Waals surface area contributed by atoms with E-state index in [0.29, 0.717) is 19.3 Å². The lowest BCUT2D eigenvalue weighted by atomic mass is 9.73. The van der Waals surface area contributed by atoms with Crippen molar-refractivity contribution in [3.05, 3.63) is 0 Å². The topological polar surface area (TPSA) is 29.1 Å². The van der Waals surface area contributed by atoms with Gasteiger partial charge in [-0.2, -0.15) is 0 Å². The summed E-state index contributed by atoms with van der Waals surface area (Å²) in [5.41, 5.74) is 0.125. The molecule has 2 rings (SSSR count). The molecule has 1 amide bonds. The highest BCUT2D eigenvalue weighted by Gasteiger charge is 2.41. The van der Waals surface area contributed by atoms with E-state index in [4.69, 9.17) is 0 Å². The second-order valence-corrected chi connectivity index (χ2v) is 4.13. The van der Waals surface area contributed by atoms with Gasteiger partial charge in [-0.3, -0.25) is 4.79 Å². The molecule has 68 valence electrons. The molecule has 1 aliphatic carbocycles. The Hall–Kier alpha value is -0.600. The average molecular weight is 171 g/mol. The molecule has 2 fully saturated rings. The molecule has 2 aliphatic rings. The molecule has 1 aliphatic heterocycles. The standard InChI is InChI=1S/C9H14FNO/c10-7-1-3-9(4-2-7)5-8(12)11-6-9/h7H,1-6H2,(H,11,12). The third-order valence-corrected chi connectivity index (χ3v) is 3.17. The summed E-state index contributed by atoms with van der Waals surface area (Å²) in [6.45, 7) is 0.776. The average Bonchev–Trinajstić information content (AvgIpc) is 2.40. The van der Waals surface area contributed by atoms with Crippen LogP contribution >= 0.6 is 0 Å². The van der Waals surface area contributed by atoms with E-state index in [-0.39, 0.29) is 11.3 Å². The fourth-order valence-electron chi connectivity index (χ4n) is 2.30. The van der Waals surface area contributed by atoms with Crippen molar-refractivity contribution in [2.75, 3.05) is 6.54 Å². The molecule has 2 nitrogen and oxygen atoms in total. The molecule has 1 saturated carbocycles. The largest absolute Gasteiger partial charge is 0.356 e. The van der Waals surface area contributed by atoms with Crippen LogP contribution < -0.4 is 5.32 Å². The van der Waals surface area contributed by atoms with E-state index < -0.39 is 6.17 Å². The van der Waals surface area contributed by atoms with E-state index in [2.05, 4.69) is 5.32 Å². The molecule has 0 bridgehead atoms. The minimum atomic E-state index is -0.619. The number of alkyl halides is 1. The van der Waals surface area contributed by atoms with Gasteiger partial charge in [-0.05, 0) is 31.1 Å². The summed E-state index contributed by atoms with van der Waals surface area (Å²) in [6.07, 6.45) is 3.06. The fraction of sp³-hybridized carbons (Fsp3) is 0.889. The Morgan fingerprint density at radius 3 is 2.58 bits per heavy atom. The van der Waals surface area contributed by atoms with Gasteiger partial charge in [0, 0.05) is 13.0 Å². The molecule has 0 unspecified atom stereocenters. The van der Waals surface area contributed by atoms with Gasteiger partial charge in [0.25, 0.3) is 0 Å². The number of rotatable bonds is 0. The van der Waals surface area contributed by atoms with Gasteiger partial charge in [0.15, 0.2) is 0 Å². The SMILES string of the molecule is O=C1CC2(CCC(F)CC2)CN1. The predicted molar refractivity (Wildman–Crippen MR) is 43.4 cm³/mol. The Morgan fingerprint density at radius 1 is 1.42 bits per heavy atom. The zero-order chi connectivity index (χ0) is 8.60. The molecule has 1 saturated heterocycles. The van der Waals surface area contributed by atoms with E-state index in [9.17, 15) is 9.18 Å². The second kappa shape index (κ2) is 2.71. The Bertz CT molecular complexity index is 197. The number of nitrogens with one attached hydrogen (secondary N) is 1. The zero-order valence-electron chi connectivity index (χ0n) is 7.11. The summed E-state index contributed by atoms with van der Waals surface area (Å²) in [7, 11) is 0. The normalized spacial score (nSPS) is 41.8. The number of carbonyl (C=O) groups is 1. The summed E-state index contributed by atoms with van der Waals surface area (Å²) in [6, 6.07) is 0. The maximum absolute atomic E-state index is 12.8. The lowest BCUT2D eigenvalue weighted by Gasteiger charge is -2.32. The van der Waals surface area contributed by atoms with Gasteiger partial charge in [0.05, 0.1) is 0 Å². The van der Waals surface area contributed by atoms with Crippen molar-refractivity contribution < 1.29 is 9.18 Å². The molecule has 0 aromatic rings. The van der Waals surface area contributed by atoms with Gasteiger partial charge < -0.3 is 5.32 Å². The van der Waals surface area contributed by atoms with Crippen molar-refractivity contribution in [2.45, 2.75) is 38.3 Å². The first-order valence-electron chi connectivity index (χ1n) is 4.61. The first-order valence-corrected chi connectivity index (χ1v) is 4.61. The van der Waals surface area contributed by atoms with E-state index in [0.717, 1.165) is 19.4 Å². The Kier molecular flexibility index (Phi) is 1.81. The van der Waals surface area contributed by atoms with Crippen molar-refractivity contribution in [3.8, 4) is 0 Å². The lowest BCUT2D eigenvalue weighted by molar-refractivity contribution is -0.119. The molecule has 3 heteroatoms. The second-order valence-electron chi connectivity index (χ2n) is 4.13. The van der Waals surface area contributed by atoms with Gasteiger partial charge >= 0.3 is 0 Å². The number of amides is 1. The summed E-state index contributed by atoms with van der Waals surface area (Å²) >= 11 is 0. The quantitative estimate of drug-likeness (QED) is 0.586. The van der Waals surface area contributed by atoms with Crippen molar-refractivity contribution in [2.24, 2.45) is 5.41 Å². The Balaban J connectivity index is 1.99. The summed E-state index contributed by atoms with van der Waals surface area (Å²) in [5.74, 6) is 0.146. The summed E-state index contributed by atoms with van der Waals surface area (Å²) < 4.78 is 12.8. The van der Waals surface area contributed by atoms with Gasteiger partial charge in [-0.25, -0.2) is 4.39 Å². The van der Waals surface area contributed by atoms with Crippen LogP contribution in [0.3, 0.4) is 0 Å². The minimum Gasteiger partial charge on any atom is -0.356 e. The Labute approximate surface area is 71.5 Å². The van der Waals surface area contributed by atoms with E-state index in [1.54, 1.807) is 0 Å². The van der Waals surface area contributed by atoms with E-state index >= 15 is 0 Å². The third kappa shape index (κ3) is 1.32. The smallest absolute Gasteiger partial charge is 0.220 e. The number of carbonyl (C=O) groups excluding carboxylic acids is 1. The maximum atomic E-state index is 12.8. The molecule has 1 spiro atoms. The van der Waals surface area contributed by atoms with Crippen molar-refractivity contribution >= 4 is 5.91 Å². The number of hydrogen-bond acceptors (Lipinski definition) is 1. The van der Waals surface area contributed by atoms with Crippen LogP contribution in [0.2, 0.25) is 0 Å². The van der Waals surface area contributed by atoms with Crippen LogP contribution in [0.5, 0.6) is 0 Å². The molecule has 0 radical (unpaired) electrons. The van der Waals surface area contributed by atoms with Crippen molar-refractivity contribution in [1.29, 1.82) is 0 Å². The lowest BCUT2D eigenvalue weighted by Crippen LogP contribution is -2.30. The van der Waals surface area contributed by atoms with Crippen LogP contribution in [0.4, 0.5) is 4.39 Å². The first-order chi connectivity index (χ1) is 5.70. The van der Waals surface area contributed by atoms with Crippen LogP contribution in [0.15, 0.2) is 0 Å². The van der Waals surface area contributed by atoms with Gasteiger partial charge in [0.1, 0.15) is 6.17 Å². The molecule has 0 aromatic heterocycles. The first kappa shape index (κ1) is 8.02. The predicted octanol–water partition coefficient (Wildman–Crippen LogP) is 1.40. The van der Waals surface area contributed by atoms with Crippen molar-refractivity contribution in [3.63, 3.8) is 0 Å². The van der Waals surface area contributed by atoms with Gasteiger partial charge in [0.2, 0.25) is 5.91 Å². The molecule has 1 heterocycles. The van der Waals surface area contributed by atoms with Gasteiger partial charge in [-0.15, -0.1) is 0 Å². The molecular formula is C9H14FNO. The van der Waals surface area contributed by atoms with Crippen LogP contribution in [0.1, 0.15) is 32.1 Å². The summed E-state index contributed by atoms with van der Waals surface area (Å²) in [4.78, 5) is 11.0. The minimum absolute atomic E-state index is 0.125. The van der Waals surface area contributed by atoms with E-state index in [1.807, 2.05) is 0 Å². The van der Waals surface area contributed by atoms with Crippen molar-refractivity contribution in [1.82, 2.24) is 5.32 Å². The highest BCUT2D eigenvalue weighted by Crippen LogP contribution is 2.41. The molecule has 0 aromatic carbocycles. The van der Waals surface area contributed by atoms with Crippen LogP contribution in [0.25, 0.3) is 0 Å². The molecule has 0 atom stereocenters. The fourth-order valence-corrected chi connectivity index (χ4v) is 2.30. The zero-order valence-corrected chi connectivity index (χ0v) is 7.11. The third-order valence-electron chi connectivity index (χ3n) is 3.17. The highest BCUT2D eigenvalue weighted by atomic mass is 19.1. The van der Waals surface area contributed by atoms with E-state index in [1.165, 1.54) is 0 Å². The number of hydrogen-bond donors (Lipinski definition) is 1. The molecule has 1 N–H and O–H groups in total.